The number of hydrogen-bond acceptors (Lipinski definition) is 1. The maximum absolute atomic E-state index is 11.6. The molecule has 0 aliphatic carbocycles. The lowest BCUT2D eigenvalue weighted by atomic mass is 10.1. The van der Waals surface area contributed by atoms with Gasteiger partial charge in [-0.05, 0) is 12.8 Å². The second-order valence-corrected chi connectivity index (χ2v) is 2.56. The number of unbranched alkanes of at least 4 members (excludes halogenated alkanes) is 4. The molecule has 0 radical (unpaired) electrons. The van der Waals surface area contributed by atoms with Crippen LogP contribution in [0.25, 0.3) is 0 Å². The van der Waals surface area contributed by atoms with Gasteiger partial charge in [0, 0.05) is 6.08 Å². The average molecular weight is 158 g/mol. The maximum atomic E-state index is 11.6. The molecule has 11 heavy (non-hydrogen) atoms. The molecule has 0 rings (SSSR count). The molecule has 0 aliphatic rings. The van der Waals surface area contributed by atoms with Crippen LogP contribution in [-0.2, 0) is 4.79 Å². The third-order valence-corrected chi connectivity index (χ3v) is 1.47. The van der Waals surface area contributed by atoms with Crippen LogP contribution in [-0.4, -0.2) is 6.04 Å². The van der Waals surface area contributed by atoms with Gasteiger partial charge in [-0.25, -0.2) is 0 Å². The van der Waals surface area contributed by atoms with Gasteiger partial charge in [-0.2, -0.15) is 4.39 Å². The Labute approximate surface area is 67.3 Å². The van der Waals surface area contributed by atoms with Crippen LogP contribution in [0.1, 0.15) is 39.0 Å². The molecule has 0 N–H and O–H groups in total. The Morgan fingerprint density at radius 2 is 2.09 bits per heavy atom. The van der Waals surface area contributed by atoms with E-state index in [9.17, 15) is 9.18 Å². The summed E-state index contributed by atoms with van der Waals surface area (Å²) in [4.78, 5) is 9.78. The van der Waals surface area contributed by atoms with Crippen LogP contribution in [0.5, 0.6) is 0 Å². The molecular weight excluding hydrogens is 143 g/mol. The standard InChI is InChI=1S/C9H15FO/c1-2-3-4-5-6-7-8-9(10)11/h7-8H,2-6H2,1H3. The van der Waals surface area contributed by atoms with Crippen LogP contribution in [0.2, 0.25) is 0 Å². The van der Waals surface area contributed by atoms with Gasteiger partial charge in [-0.3, -0.25) is 4.79 Å². The normalized spacial score (nSPS) is 10.7. The number of rotatable bonds is 6. The lowest BCUT2D eigenvalue weighted by molar-refractivity contribution is -0.124. The van der Waals surface area contributed by atoms with E-state index in [1.54, 1.807) is 6.08 Å². The number of halogens is 1. The van der Waals surface area contributed by atoms with Crippen LogP contribution in [0.15, 0.2) is 12.2 Å². The summed E-state index contributed by atoms with van der Waals surface area (Å²) in [6, 6.07) is -1.35. The molecular formula is C9H15FO. The summed E-state index contributed by atoms with van der Waals surface area (Å²) in [5, 5.41) is 0. The fraction of sp³-hybridized carbons (Fsp3) is 0.667. The molecule has 0 saturated heterocycles. The molecule has 0 atom stereocenters. The van der Waals surface area contributed by atoms with Crippen LogP contribution in [0.3, 0.4) is 0 Å². The highest BCUT2D eigenvalue weighted by atomic mass is 19.1. The van der Waals surface area contributed by atoms with Crippen molar-refractivity contribution in [2.75, 3.05) is 0 Å². The zero-order valence-corrected chi connectivity index (χ0v) is 6.98. The number of carbonyl (C=O) groups excluding carboxylic acids is 1. The second kappa shape index (κ2) is 7.45. The van der Waals surface area contributed by atoms with Gasteiger partial charge in [0.2, 0.25) is 0 Å². The van der Waals surface area contributed by atoms with E-state index in [2.05, 4.69) is 6.92 Å². The molecule has 0 unspecified atom stereocenters. The minimum absolute atomic E-state index is 0.815. The summed E-state index contributed by atoms with van der Waals surface area (Å²) in [5.41, 5.74) is 0. The number of allylic oxidation sites excluding steroid dienone is 2. The summed E-state index contributed by atoms with van der Waals surface area (Å²) in [6.45, 7) is 2.14. The van der Waals surface area contributed by atoms with Gasteiger partial charge in [0.25, 0.3) is 0 Å². The lowest BCUT2D eigenvalue weighted by Crippen LogP contribution is -1.78. The van der Waals surface area contributed by atoms with Crippen molar-refractivity contribution in [2.45, 2.75) is 39.0 Å². The first-order valence-corrected chi connectivity index (χ1v) is 4.13. The third-order valence-electron chi connectivity index (χ3n) is 1.47. The predicted molar refractivity (Wildman–Crippen MR) is 44.0 cm³/mol. The van der Waals surface area contributed by atoms with Crippen molar-refractivity contribution in [3.05, 3.63) is 12.2 Å². The SMILES string of the molecule is CCCCCCC=CC(=O)F. The fourth-order valence-electron chi connectivity index (χ4n) is 0.865. The number of carbonyl (C=O) groups is 1. The molecule has 64 valence electrons. The molecule has 0 amide bonds. The largest absolute Gasteiger partial charge is 0.324 e. The van der Waals surface area contributed by atoms with E-state index in [0.29, 0.717) is 0 Å². The zero-order chi connectivity index (χ0) is 8.53. The van der Waals surface area contributed by atoms with Gasteiger partial charge in [0.15, 0.2) is 0 Å². The molecule has 1 nitrogen and oxygen atoms in total. The molecule has 0 aromatic rings. The lowest BCUT2D eigenvalue weighted by Gasteiger charge is -1.92. The predicted octanol–water partition coefficient (Wildman–Crippen LogP) is 3.01. The Bertz CT molecular complexity index is 130. The smallest absolute Gasteiger partial charge is 0.256 e. The molecule has 0 bridgehead atoms. The molecule has 0 saturated carbocycles. The third kappa shape index (κ3) is 9.34. The van der Waals surface area contributed by atoms with Crippen LogP contribution in [0, 0.1) is 0 Å². The quantitative estimate of drug-likeness (QED) is 0.330. The first-order chi connectivity index (χ1) is 5.27. The van der Waals surface area contributed by atoms with Gasteiger partial charge in [-0.1, -0.05) is 32.3 Å². The van der Waals surface area contributed by atoms with Gasteiger partial charge >= 0.3 is 6.04 Å². The van der Waals surface area contributed by atoms with E-state index in [1.807, 2.05) is 0 Å². The highest BCUT2D eigenvalue weighted by molar-refractivity contribution is 5.80. The Kier molecular flexibility index (Phi) is 7.00. The minimum atomic E-state index is -1.35. The maximum Gasteiger partial charge on any atom is 0.324 e. The van der Waals surface area contributed by atoms with Gasteiger partial charge < -0.3 is 0 Å². The van der Waals surface area contributed by atoms with Crippen molar-refractivity contribution in [2.24, 2.45) is 0 Å². The fourth-order valence-corrected chi connectivity index (χ4v) is 0.865. The van der Waals surface area contributed by atoms with Crippen molar-refractivity contribution < 1.29 is 9.18 Å². The Hall–Kier alpha value is -0.660. The first-order valence-electron chi connectivity index (χ1n) is 4.13. The van der Waals surface area contributed by atoms with Crippen molar-refractivity contribution in [3.8, 4) is 0 Å². The van der Waals surface area contributed by atoms with Crippen LogP contribution in [0.4, 0.5) is 4.39 Å². The topological polar surface area (TPSA) is 17.1 Å². The first kappa shape index (κ1) is 10.3. The van der Waals surface area contributed by atoms with Crippen LogP contribution < -0.4 is 0 Å². The van der Waals surface area contributed by atoms with E-state index < -0.39 is 6.04 Å². The Morgan fingerprint density at radius 1 is 1.36 bits per heavy atom. The number of hydrogen-bond donors (Lipinski definition) is 0. The second-order valence-electron chi connectivity index (χ2n) is 2.56. The van der Waals surface area contributed by atoms with E-state index in [1.165, 1.54) is 19.3 Å². The molecule has 0 aliphatic heterocycles. The van der Waals surface area contributed by atoms with Gasteiger partial charge in [-0.15, -0.1) is 0 Å². The van der Waals surface area contributed by atoms with Crippen molar-refractivity contribution in [3.63, 3.8) is 0 Å². The molecule has 0 aromatic heterocycles. The summed E-state index contributed by atoms with van der Waals surface area (Å²) in [6.07, 6.45) is 8.04. The minimum Gasteiger partial charge on any atom is -0.256 e. The summed E-state index contributed by atoms with van der Waals surface area (Å²) < 4.78 is 11.6. The van der Waals surface area contributed by atoms with E-state index in [4.69, 9.17) is 0 Å². The van der Waals surface area contributed by atoms with Gasteiger partial charge in [0.05, 0.1) is 0 Å². The summed E-state index contributed by atoms with van der Waals surface area (Å²) in [5.74, 6) is 0. The average Bonchev–Trinajstić information content (AvgIpc) is 1.96. The van der Waals surface area contributed by atoms with Crippen molar-refractivity contribution >= 4 is 6.04 Å². The Balaban J connectivity index is 3.07. The summed E-state index contributed by atoms with van der Waals surface area (Å²) >= 11 is 0. The molecule has 0 heterocycles. The monoisotopic (exact) mass is 158 g/mol. The van der Waals surface area contributed by atoms with Crippen molar-refractivity contribution in [1.82, 2.24) is 0 Å². The molecule has 2 heteroatoms. The molecule has 0 aromatic carbocycles. The van der Waals surface area contributed by atoms with E-state index in [-0.39, 0.29) is 0 Å². The summed E-state index contributed by atoms with van der Waals surface area (Å²) in [7, 11) is 0. The zero-order valence-electron chi connectivity index (χ0n) is 6.98. The van der Waals surface area contributed by atoms with E-state index in [0.717, 1.165) is 18.9 Å². The highest BCUT2D eigenvalue weighted by Gasteiger charge is 1.87. The van der Waals surface area contributed by atoms with Gasteiger partial charge in [0.1, 0.15) is 0 Å². The Morgan fingerprint density at radius 3 is 2.64 bits per heavy atom. The molecule has 0 spiro atoms. The molecule has 0 fully saturated rings. The highest BCUT2D eigenvalue weighted by Crippen LogP contribution is 2.02. The van der Waals surface area contributed by atoms with Crippen molar-refractivity contribution in [1.29, 1.82) is 0 Å². The van der Waals surface area contributed by atoms with E-state index >= 15 is 0 Å². The van der Waals surface area contributed by atoms with Crippen LogP contribution >= 0.6 is 0 Å².